The number of fused-ring (bicyclic) bond motifs is 1. The lowest BCUT2D eigenvalue weighted by atomic mass is 9.92. The molecule has 3 rings (SSSR count). The van der Waals surface area contributed by atoms with Gasteiger partial charge in [-0.3, -0.25) is 0 Å². The van der Waals surface area contributed by atoms with Crippen LogP contribution in [0.2, 0.25) is 0 Å². The molecule has 2 aliphatic rings. The summed E-state index contributed by atoms with van der Waals surface area (Å²) in [7, 11) is 2.10. The number of nitrogen functional groups attached to an aromatic ring is 1. The van der Waals surface area contributed by atoms with Gasteiger partial charge in [0.15, 0.2) is 0 Å². The van der Waals surface area contributed by atoms with Gasteiger partial charge in [0.05, 0.1) is 23.6 Å². The first-order chi connectivity index (χ1) is 8.97. The van der Waals surface area contributed by atoms with Gasteiger partial charge in [0.25, 0.3) is 0 Å². The highest BCUT2D eigenvalue weighted by Crippen LogP contribution is 2.41. The summed E-state index contributed by atoms with van der Waals surface area (Å²) >= 11 is 0. The van der Waals surface area contributed by atoms with Crippen LogP contribution in [0.3, 0.4) is 0 Å². The molecule has 1 aliphatic heterocycles. The molecule has 0 bridgehead atoms. The van der Waals surface area contributed by atoms with Gasteiger partial charge in [-0.05, 0) is 38.0 Å². The van der Waals surface area contributed by atoms with Crippen molar-refractivity contribution in [1.29, 1.82) is 0 Å². The van der Waals surface area contributed by atoms with Gasteiger partial charge in [0.2, 0.25) is 0 Å². The Labute approximate surface area is 114 Å². The highest BCUT2D eigenvalue weighted by molar-refractivity contribution is 5.79. The van der Waals surface area contributed by atoms with Crippen molar-refractivity contribution >= 4 is 17.1 Å². The molecule has 0 spiro atoms. The first-order valence-electron chi connectivity index (χ1n) is 7.05. The molecule has 2 atom stereocenters. The molecule has 3 N–H and O–H groups in total. The van der Waals surface area contributed by atoms with Crippen LogP contribution in [-0.2, 0) is 0 Å². The Hall–Kier alpha value is -1.42. The summed E-state index contributed by atoms with van der Waals surface area (Å²) in [4.78, 5) is 4.58. The molecule has 104 valence electrons. The summed E-state index contributed by atoms with van der Waals surface area (Å²) in [5, 5.41) is 10.4. The average molecular weight is 261 g/mol. The highest BCUT2D eigenvalue weighted by Gasteiger charge is 2.39. The van der Waals surface area contributed by atoms with E-state index in [-0.39, 0.29) is 0 Å². The molecule has 0 unspecified atom stereocenters. The van der Waals surface area contributed by atoms with Gasteiger partial charge in [0.1, 0.15) is 0 Å². The van der Waals surface area contributed by atoms with E-state index in [4.69, 9.17) is 5.73 Å². The Bertz CT molecular complexity index is 486. The van der Waals surface area contributed by atoms with Crippen LogP contribution in [0, 0.1) is 5.92 Å². The van der Waals surface area contributed by atoms with Crippen molar-refractivity contribution in [3.8, 4) is 0 Å². The first-order valence-corrected chi connectivity index (χ1v) is 7.05. The highest BCUT2D eigenvalue weighted by atomic mass is 16.3. The monoisotopic (exact) mass is 261 g/mol. The number of anilines is 3. The van der Waals surface area contributed by atoms with E-state index in [2.05, 4.69) is 22.9 Å². The second-order valence-electron chi connectivity index (χ2n) is 6.26. The van der Waals surface area contributed by atoms with Crippen molar-refractivity contribution in [2.75, 3.05) is 35.8 Å². The molecule has 1 aromatic rings. The number of hydrogen-bond donors (Lipinski definition) is 2. The third-order valence-electron chi connectivity index (χ3n) is 4.69. The molecular formula is C15H23N3O. The summed E-state index contributed by atoms with van der Waals surface area (Å²) in [5.74, 6) is 0.355. The first kappa shape index (κ1) is 12.6. The van der Waals surface area contributed by atoms with Crippen molar-refractivity contribution in [3.63, 3.8) is 0 Å². The van der Waals surface area contributed by atoms with Crippen LogP contribution in [0.25, 0.3) is 0 Å². The summed E-state index contributed by atoms with van der Waals surface area (Å²) < 4.78 is 0. The second kappa shape index (κ2) is 4.30. The zero-order valence-electron chi connectivity index (χ0n) is 11.8. The van der Waals surface area contributed by atoms with Gasteiger partial charge >= 0.3 is 0 Å². The van der Waals surface area contributed by atoms with Crippen LogP contribution in [0.4, 0.5) is 17.1 Å². The lowest BCUT2D eigenvalue weighted by Gasteiger charge is -2.30. The van der Waals surface area contributed by atoms with E-state index in [1.165, 1.54) is 11.4 Å². The summed E-state index contributed by atoms with van der Waals surface area (Å²) in [6.07, 6.45) is 3.17. The normalized spacial score (nSPS) is 29.9. The smallest absolute Gasteiger partial charge is 0.0901 e. The van der Waals surface area contributed by atoms with Crippen molar-refractivity contribution in [3.05, 3.63) is 18.2 Å². The molecule has 1 heterocycles. The van der Waals surface area contributed by atoms with Crippen molar-refractivity contribution in [1.82, 2.24) is 0 Å². The van der Waals surface area contributed by atoms with Gasteiger partial charge in [-0.1, -0.05) is 6.42 Å². The number of nitrogens with two attached hydrogens (primary N) is 1. The second-order valence-corrected chi connectivity index (χ2v) is 6.26. The lowest BCUT2D eigenvalue weighted by Crippen LogP contribution is -2.40. The van der Waals surface area contributed by atoms with Crippen LogP contribution in [-0.4, -0.2) is 31.0 Å². The van der Waals surface area contributed by atoms with Crippen LogP contribution in [0.15, 0.2) is 18.2 Å². The molecule has 1 saturated carbocycles. The molecule has 1 aromatic carbocycles. The number of rotatable bonds is 2. The number of nitrogens with zero attached hydrogens (tertiary/aromatic N) is 2. The maximum Gasteiger partial charge on any atom is 0.0901 e. The third kappa shape index (κ3) is 2.14. The third-order valence-corrected chi connectivity index (χ3v) is 4.69. The molecule has 1 aliphatic carbocycles. The molecule has 19 heavy (non-hydrogen) atoms. The molecule has 0 saturated heterocycles. The van der Waals surface area contributed by atoms with E-state index in [0.29, 0.717) is 5.92 Å². The van der Waals surface area contributed by atoms with Crippen molar-refractivity contribution in [2.45, 2.75) is 31.8 Å². The lowest BCUT2D eigenvalue weighted by molar-refractivity contribution is 0.0241. The fourth-order valence-electron chi connectivity index (χ4n) is 3.46. The fourth-order valence-corrected chi connectivity index (χ4v) is 3.46. The van der Waals surface area contributed by atoms with Crippen molar-refractivity contribution in [2.24, 2.45) is 5.92 Å². The number of aliphatic hydroxyl groups is 1. The fraction of sp³-hybridized carbons (Fsp3) is 0.600. The van der Waals surface area contributed by atoms with Crippen LogP contribution < -0.4 is 15.5 Å². The van der Waals surface area contributed by atoms with E-state index in [1.54, 1.807) is 0 Å². The van der Waals surface area contributed by atoms with E-state index < -0.39 is 5.60 Å². The molecular weight excluding hydrogens is 238 g/mol. The molecule has 4 heteroatoms. The Kier molecular flexibility index (Phi) is 2.86. The summed E-state index contributed by atoms with van der Waals surface area (Å²) in [6.45, 7) is 3.77. The van der Waals surface area contributed by atoms with Crippen LogP contribution >= 0.6 is 0 Å². The van der Waals surface area contributed by atoms with E-state index in [1.807, 2.05) is 19.1 Å². The minimum absolute atomic E-state index is 0.355. The van der Waals surface area contributed by atoms with Crippen molar-refractivity contribution < 1.29 is 5.11 Å². The quantitative estimate of drug-likeness (QED) is 0.800. The largest absolute Gasteiger partial charge is 0.399 e. The Morgan fingerprint density at radius 2 is 2.21 bits per heavy atom. The predicted molar refractivity (Wildman–Crippen MR) is 79.4 cm³/mol. The van der Waals surface area contributed by atoms with E-state index in [0.717, 1.165) is 38.2 Å². The summed E-state index contributed by atoms with van der Waals surface area (Å²) in [5.41, 5.74) is 8.62. The molecule has 4 nitrogen and oxygen atoms in total. The van der Waals surface area contributed by atoms with Gasteiger partial charge < -0.3 is 20.6 Å². The molecule has 1 fully saturated rings. The minimum atomic E-state index is -0.512. The molecule has 0 amide bonds. The minimum Gasteiger partial charge on any atom is -0.399 e. The summed E-state index contributed by atoms with van der Waals surface area (Å²) in [6, 6.07) is 6.07. The average Bonchev–Trinajstić information content (AvgIpc) is 2.81. The van der Waals surface area contributed by atoms with Crippen LogP contribution in [0.1, 0.15) is 26.2 Å². The Morgan fingerprint density at radius 1 is 1.42 bits per heavy atom. The molecule has 0 aromatic heterocycles. The number of hydrogen-bond acceptors (Lipinski definition) is 4. The topological polar surface area (TPSA) is 52.7 Å². The van der Waals surface area contributed by atoms with Gasteiger partial charge in [-0.2, -0.15) is 0 Å². The number of benzene rings is 1. The zero-order chi connectivity index (χ0) is 13.6. The van der Waals surface area contributed by atoms with Gasteiger partial charge in [-0.15, -0.1) is 0 Å². The maximum atomic E-state index is 10.4. The van der Waals surface area contributed by atoms with Gasteiger partial charge in [0, 0.05) is 25.2 Å². The molecule has 0 radical (unpaired) electrons. The van der Waals surface area contributed by atoms with E-state index >= 15 is 0 Å². The maximum absolute atomic E-state index is 10.4. The zero-order valence-corrected chi connectivity index (χ0v) is 11.8. The SMILES string of the molecule is CN1CN(C[C@@H]2CCC[C@]2(C)O)c2cc(N)ccc21. The Balaban J connectivity index is 1.83. The standard InChI is InChI=1S/C15H23N3O/c1-15(19)7-3-4-11(15)9-18-10-17(2)13-6-5-12(16)8-14(13)18/h5-6,8,11,19H,3-4,7,9-10,16H2,1-2H3/t11-,15-/m0/s1. The Morgan fingerprint density at radius 3 is 2.89 bits per heavy atom. The van der Waals surface area contributed by atoms with Gasteiger partial charge in [-0.25, -0.2) is 0 Å². The predicted octanol–water partition coefficient (Wildman–Crippen LogP) is 2.03. The van der Waals surface area contributed by atoms with Crippen LogP contribution in [0.5, 0.6) is 0 Å². The van der Waals surface area contributed by atoms with E-state index in [9.17, 15) is 5.11 Å².